The first-order valence-electron chi connectivity index (χ1n) is 7.10. The second-order valence-electron chi connectivity index (χ2n) is 5.28. The Bertz CT molecular complexity index is 835. The van der Waals surface area contributed by atoms with Crippen LogP contribution in [0.2, 0.25) is 0 Å². The van der Waals surface area contributed by atoms with Gasteiger partial charge in [0.25, 0.3) is 0 Å². The van der Waals surface area contributed by atoms with Gasteiger partial charge in [0.15, 0.2) is 0 Å². The lowest BCUT2D eigenvalue weighted by molar-refractivity contribution is 0.671. The van der Waals surface area contributed by atoms with Crippen LogP contribution >= 0.6 is 0 Å². The van der Waals surface area contributed by atoms with E-state index in [2.05, 4.69) is 49.9 Å². The van der Waals surface area contributed by atoms with Gasteiger partial charge in [-0.2, -0.15) is 0 Å². The standard InChI is InChI=1S/C18H19N3/c1-3-12-20-16-6-4-5-7-17(16)21(18(20)19)13-15-10-8-14(2)9-11-15/h3-11,19H,1,12-13H2,2H3. The molecule has 3 rings (SSSR count). The Morgan fingerprint density at radius 3 is 2.24 bits per heavy atom. The average molecular weight is 277 g/mol. The lowest BCUT2D eigenvalue weighted by Gasteiger charge is -2.05. The SMILES string of the molecule is C=CCn1c(=N)n(Cc2ccc(C)cc2)c2ccccc21. The maximum Gasteiger partial charge on any atom is 0.203 e. The van der Waals surface area contributed by atoms with Crippen molar-refractivity contribution < 1.29 is 0 Å². The maximum atomic E-state index is 8.45. The van der Waals surface area contributed by atoms with Crippen LogP contribution in [0.1, 0.15) is 11.1 Å². The molecule has 0 radical (unpaired) electrons. The summed E-state index contributed by atoms with van der Waals surface area (Å²) in [5.41, 5.74) is 5.14. The molecule has 3 heteroatoms. The van der Waals surface area contributed by atoms with E-state index in [1.54, 1.807) is 0 Å². The molecule has 0 saturated carbocycles. The second kappa shape index (κ2) is 5.44. The highest BCUT2D eigenvalue weighted by molar-refractivity contribution is 5.76. The number of para-hydroxylation sites is 2. The number of rotatable bonds is 4. The number of aryl methyl sites for hydroxylation is 1. The molecule has 0 fully saturated rings. The molecule has 3 aromatic rings. The summed E-state index contributed by atoms with van der Waals surface area (Å²) < 4.78 is 4.03. The monoisotopic (exact) mass is 277 g/mol. The van der Waals surface area contributed by atoms with Crippen LogP contribution in [0.3, 0.4) is 0 Å². The van der Waals surface area contributed by atoms with Crippen molar-refractivity contribution in [3.63, 3.8) is 0 Å². The zero-order chi connectivity index (χ0) is 14.8. The number of imidazole rings is 1. The zero-order valence-corrected chi connectivity index (χ0v) is 12.2. The first-order valence-corrected chi connectivity index (χ1v) is 7.10. The molecule has 0 atom stereocenters. The number of nitrogens with zero attached hydrogens (tertiary/aromatic N) is 2. The predicted molar refractivity (Wildman–Crippen MR) is 86.3 cm³/mol. The first-order chi connectivity index (χ1) is 10.2. The van der Waals surface area contributed by atoms with E-state index in [4.69, 9.17) is 5.41 Å². The average Bonchev–Trinajstić information content (AvgIpc) is 2.76. The van der Waals surface area contributed by atoms with Crippen LogP contribution in [0.4, 0.5) is 0 Å². The molecule has 1 heterocycles. The molecule has 0 aliphatic carbocycles. The molecule has 0 unspecified atom stereocenters. The minimum atomic E-state index is 0.511. The van der Waals surface area contributed by atoms with E-state index in [9.17, 15) is 0 Å². The molecule has 3 nitrogen and oxygen atoms in total. The van der Waals surface area contributed by atoms with Gasteiger partial charge in [0.1, 0.15) is 0 Å². The number of nitrogens with one attached hydrogen (secondary N) is 1. The molecular formula is C18H19N3. The molecule has 1 N–H and O–H groups in total. The predicted octanol–water partition coefficient (Wildman–Crippen LogP) is 3.46. The Morgan fingerprint density at radius 2 is 1.62 bits per heavy atom. The fraction of sp³-hybridized carbons (Fsp3) is 0.167. The van der Waals surface area contributed by atoms with Gasteiger partial charge in [-0.1, -0.05) is 48.0 Å². The third-order valence-corrected chi connectivity index (χ3v) is 3.75. The van der Waals surface area contributed by atoms with Gasteiger partial charge in [0.05, 0.1) is 17.6 Å². The highest BCUT2D eigenvalue weighted by atomic mass is 15.2. The van der Waals surface area contributed by atoms with E-state index >= 15 is 0 Å². The van der Waals surface area contributed by atoms with Gasteiger partial charge in [0.2, 0.25) is 5.62 Å². The molecule has 0 spiro atoms. The van der Waals surface area contributed by atoms with Crippen LogP contribution in [-0.2, 0) is 13.1 Å². The lowest BCUT2D eigenvalue weighted by atomic mass is 10.1. The van der Waals surface area contributed by atoms with Crippen molar-refractivity contribution in [3.05, 3.63) is 77.9 Å². The topological polar surface area (TPSA) is 33.7 Å². The molecule has 0 aliphatic rings. The summed E-state index contributed by atoms with van der Waals surface area (Å²) in [5, 5.41) is 8.45. The van der Waals surface area contributed by atoms with Gasteiger partial charge in [-0.05, 0) is 24.6 Å². The van der Waals surface area contributed by atoms with Crippen LogP contribution in [-0.4, -0.2) is 9.13 Å². The van der Waals surface area contributed by atoms with Gasteiger partial charge in [-0.3, -0.25) is 5.41 Å². The highest BCUT2D eigenvalue weighted by Gasteiger charge is 2.09. The van der Waals surface area contributed by atoms with Crippen molar-refractivity contribution in [1.29, 1.82) is 5.41 Å². The summed E-state index contributed by atoms with van der Waals surface area (Å²) in [4.78, 5) is 0. The summed E-state index contributed by atoms with van der Waals surface area (Å²) in [6.45, 7) is 7.24. The van der Waals surface area contributed by atoms with Crippen LogP contribution in [0.15, 0.2) is 61.2 Å². The lowest BCUT2D eigenvalue weighted by Crippen LogP contribution is -2.24. The van der Waals surface area contributed by atoms with Crippen molar-refractivity contribution in [2.45, 2.75) is 20.0 Å². The summed E-state index contributed by atoms with van der Waals surface area (Å²) in [6.07, 6.45) is 1.83. The fourth-order valence-corrected chi connectivity index (χ4v) is 2.64. The van der Waals surface area contributed by atoms with E-state index in [0.29, 0.717) is 18.7 Å². The molecular weight excluding hydrogens is 258 g/mol. The number of benzene rings is 2. The van der Waals surface area contributed by atoms with Crippen molar-refractivity contribution >= 4 is 11.0 Å². The van der Waals surface area contributed by atoms with Crippen molar-refractivity contribution in [2.75, 3.05) is 0 Å². The van der Waals surface area contributed by atoms with Gasteiger partial charge in [-0.15, -0.1) is 6.58 Å². The number of allylic oxidation sites excluding steroid dienone is 1. The first kappa shape index (κ1) is 13.4. The Morgan fingerprint density at radius 1 is 1.00 bits per heavy atom. The summed E-state index contributed by atoms with van der Waals surface area (Å²) >= 11 is 0. The number of hydrogen-bond donors (Lipinski definition) is 1. The van der Waals surface area contributed by atoms with Crippen LogP contribution in [0.5, 0.6) is 0 Å². The molecule has 1 aromatic heterocycles. The van der Waals surface area contributed by atoms with E-state index in [1.807, 2.05) is 27.3 Å². The smallest absolute Gasteiger partial charge is 0.203 e. The normalized spacial score (nSPS) is 10.9. The largest absolute Gasteiger partial charge is 0.307 e. The van der Waals surface area contributed by atoms with Gasteiger partial charge in [0, 0.05) is 6.54 Å². The molecule has 0 bridgehead atoms. The third-order valence-electron chi connectivity index (χ3n) is 3.75. The summed E-state index contributed by atoms with van der Waals surface area (Å²) in [5.74, 6) is 0. The molecule has 2 aromatic carbocycles. The third kappa shape index (κ3) is 2.42. The Hall–Kier alpha value is -2.55. The van der Waals surface area contributed by atoms with Crippen molar-refractivity contribution in [3.8, 4) is 0 Å². The van der Waals surface area contributed by atoms with Crippen LogP contribution < -0.4 is 5.62 Å². The second-order valence-corrected chi connectivity index (χ2v) is 5.28. The Labute approximate surface area is 124 Å². The molecule has 0 saturated heterocycles. The minimum Gasteiger partial charge on any atom is -0.307 e. The number of fused-ring (bicyclic) bond motifs is 1. The fourth-order valence-electron chi connectivity index (χ4n) is 2.64. The Balaban J connectivity index is 2.13. The van der Waals surface area contributed by atoms with Crippen molar-refractivity contribution in [2.24, 2.45) is 0 Å². The van der Waals surface area contributed by atoms with E-state index in [1.165, 1.54) is 11.1 Å². The summed E-state index contributed by atoms with van der Waals surface area (Å²) in [7, 11) is 0. The molecule has 0 aliphatic heterocycles. The van der Waals surface area contributed by atoms with E-state index in [0.717, 1.165) is 11.0 Å². The zero-order valence-electron chi connectivity index (χ0n) is 12.2. The Kier molecular flexibility index (Phi) is 3.48. The van der Waals surface area contributed by atoms with Crippen LogP contribution in [0, 0.1) is 12.3 Å². The minimum absolute atomic E-state index is 0.511. The summed E-state index contributed by atoms with van der Waals surface area (Å²) in [6, 6.07) is 16.6. The molecule has 21 heavy (non-hydrogen) atoms. The molecule has 106 valence electrons. The quantitative estimate of drug-likeness (QED) is 0.709. The van der Waals surface area contributed by atoms with Gasteiger partial charge >= 0.3 is 0 Å². The van der Waals surface area contributed by atoms with Gasteiger partial charge < -0.3 is 9.13 Å². The van der Waals surface area contributed by atoms with Gasteiger partial charge in [-0.25, -0.2) is 0 Å². The van der Waals surface area contributed by atoms with E-state index < -0.39 is 0 Å². The highest BCUT2D eigenvalue weighted by Crippen LogP contribution is 2.14. The number of hydrogen-bond acceptors (Lipinski definition) is 1. The van der Waals surface area contributed by atoms with Crippen molar-refractivity contribution in [1.82, 2.24) is 9.13 Å². The van der Waals surface area contributed by atoms with Crippen LogP contribution in [0.25, 0.3) is 11.0 Å². The van der Waals surface area contributed by atoms with E-state index in [-0.39, 0.29) is 0 Å². The maximum absolute atomic E-state index is 8.45. The number of aromatic nitrogens is 2. The molecule has 0 amide bonds.